The van der Waals surface area contributed by atoms with Gasteiger partial charge in [-0.25, -0.2) is 0 Å². The number of unbranched alkanes of at least 4 members (excludes halogenated alkanes) is 3. The highest BCUT2D eigenvalue weighted by Gasteiger charge is 2.17. The van der Waals surface area contributed by atoms with Crippen LogP contribution in [-0.4, -0.2) is 20.0 Å². The number of methoxy groups -OCH3 is 1. The van der Waals surface area contributed by atoms with E-state index in [4.69, 9.17) is 14.2 Å². The molecule has 0 aromatic heterocycles. The van der Waals surface area contributed by atoms with E-state index >= 15 is 0 Å². The van der Waals surface area contributed by atoms with Gasteiger partial charge in [0.2, 0.25) is 5.75 Å². The van der Waals surface area contributed by atoms with Gasteiger partial charge in [-0.3, -0.25) is 4.79 Å². The standard InChI is InChI=1S/C22H28O4/c1-5-6-7-8-12-25-22-19(24-4)13-18(15-23)14-20(22)26-21-16(2)10-9-11-17(21)3/h9-11,13-15H,5-8,12H2,1-4H3. The molecule has 2 aromatic rings. The zero-order valence-electron chi connectivity index (χ0n) is 16.1. The lowest BCUT2D eigenvalue weighted by molar-refractivity contribution is 0.112. The first-order chi connectivity index (χ1) is 12.6. The molecule has 0 bridgehead atoms. The van der Waals surface area contributed by atoms with E-state index in [1.54, 1.807) is 19.2 Å². The summed E-state index contributed by atoms with van der Waals surface area (Å²) in [6.07, 6.45) is 5.24. The maximum absolute atomic E-state index is 11.3. The van der Waals surface area contributed by atoms with E-state index in [1.165, 1.54) is 12.8 Å². The first-order valence-corrected chi connectivity index (χ1v) is 9.14. The van der Waals surface area contributed by atoms with Crippen LogP contribution in [0.3, 0.4) is 0 Å². The fourth-order valence-electron chi connectivity index (χ4n) is 2.81. The smallest absolute Gasteiger partial charge is 0.204 e. The van der Waals surface area contributed by atoms with E-state index in [0.29, 0.717) is 29.4 Å². The SMILES string of the molecule is CCCCCCOc1c(OC)cc(C=O)cc1Oc1c(C)cccc1C. The Morgan fingerprint density at radius 3 is 2.27 bits per heavy atom. The molecule has 0 aliphatic rings. The summed E-state index contributed by atoms with van der Waals surface area (Å²) in [6, 6.07) is 9.35. The summed E-state index contributed by atoms with van der Waals surface area (Å²) in [5.41, 5.74) is 2.53. The number of carbonyl (C=O) groups is 1. The van der Waals surface area contributed by atoms with E-state index in [0.717, 1.165) is 36.0 Å². The molecule has 4 heteroatoms. The first-order valence-electron chi connectivity index (χ1n) is 9.14. The Morgan fingerprint density at radius 2 is 1.65 bits per heavy atom. The van der Waals surface area contributed by atoms with Crippen molar-refractivity contribution in [1.82, 2.24) is 0 Å². The van der Waals surface area contributed by atoms with Gasteiger partial charge in [-0.2, -0.15) is 0 Å². The van der Waals surface area contributed by atoms with Crippen molar-refractivity contribution >= 4 is 6.29 Å². The number of carbonyl (C=O) groups excluding carboxylic acids is 1. The Kier molecular flexibility index (Phi) is 7.52. The maximum Gasteiger partial charge on any atom is 0.204 e. The van der Waals surface area contributed by atoms with Gasteiger partial charge in [0.1, 0.15) is 12.0 Å². The molecule has 0 amide bonds. The Balaban J connectivity index is 2.33. The summed E-state index contributed by atoms with van der Waals surface area (Å²) >= 11 is 0. The normalized spacial score (nSPS) is 10.5. The molecule has 0 N–H and O–H groups in total. The highest BCUT2D eigenvalue weighted by molar-refractivity contribution is 5.78. The zero-order chi connectivity index (χ0) is 18.9. The average Bonchev–Trinajstić information content (AvgIpc) is 2.64. The molecule has 0 spiro atoms. The van der Waals surface area contributed by atoms with Crippen molar-refractivity contribution in [2.24, 2.45) is 0 Å². The van der Waals surface area contributed by atoms with Crippen molar-refractivity contribution in [3.8, 4) is 23.0 Å². The number of hydrogen-bond acceptors (Lipinski definition) is 4. The monoisotopic (exact) mass is 356 g/mol. The number of ether oxygens (including phenoxy) is 3. The van der Waals surface area contributed by atoms with Crippen LogP contribution in [0.1, 0.15) is 54.1 Å². The van der Waals surface area contributed by atoms with Crippen molar-refractivity contribution in [1.29, 1.82) is 0 Å². The van der Waals surface area contributed by atoms with Crippen molar-refractivity contribution in [3.05, 3.63) is 47.0 Å². The average molecular weight is 356 g/mol. The second-order valence-corrected chi connectivity index (χ2v) is 6.40. The van der Waals surface area contributed by atoms with Gasteiger partial charge in [0.15, 0.2) is 11.5 Å². The molecule has 140 valence electrons. The molecule has 0 atom stereocenters. The van der Waals surface area contributed by atoms with Crippen LogP contribution in [0.25, 0.3) is 0 Å². The quantitative estimate of drug-likeness (QED) is 0.394. The maximum atomic E-state index is 11.3. The van der Waals surface area contributed by atoms with Gasteiger partial charge < -0.3 is 14.2 Å². The van der Waals surface area contributed by atoms with E-state index in [9.17, 15) is 4.79 Å². The third-order valence-electron chi connectivity index (χ3n) is 4.26. The van der Waals surface area contributed by atoms with Crippen LogP contribution in [0.15, 0.2) is 30.3 Å². The summed E-state index contributed by atoms with van der Waals surface area (Å²) in [4.78, 5) is 11.3. The summed E-state index contributed by atoms with van der Waals surface area (Å²) in [5.74, 6) is 2.32. The minimum atomic E-state index is 0.487. The second-order valence-electron chi connectivity index (χ2n) is 6.40. The molecule has 0 saturated heterocycles. The zero-order valence-corrected chi connectivity index (χ0v) is 16.1. The number of aldehydes is 1. The van der Waals surface area contributed by atoms with Crippen molar-refractivity contribution in [2.75, 3.05) is 13.7 Å². The van der Waals surface area contributed by atoms with Crippen LogP contribution < -0.4 is 14.2 Å². The molecule has 0 radical (unpaired) electrons. The molecule has 0 fully saturated rings. The summed E-state index contributed by atoms with van der Waals surface area (Å²) in [5, 5.41) is 0. The van der Waals surface area contributed by atoms with E-state index in [-0.39, 0.29) is 0 Å². The van der Waals surface area contributed by atoms with Gasteiger partial charge in [-0.15, -0.1) is 0 Å². The lowest BCUT2D eigenvalue weighted by Crippen LogP contribution is -2.03. The summed E-state index contributed by atoms with van der Waals surface area (Å²) in [6.45, 7) is 6.75. The van der Waals surface area contributed by atoms with Crippen molar-refractivity contribution in [3.63, 3.8) is 0 Å². The van der Waals surface area contributed by atoms with Crippen LogP contribution in [0.5, 0.6) is 23.0 Å². The summed E-state index contributed by atoms with van der Waals surface area (Å²) in [7, 11) is 1.57. The molecule has 0 heterocycles. The predicted molar refractivity (Wildman–Crippen MR) is 104 cm³/mol. The minimum absolute atomic E-state index is 0.487. The van der Waals surface area contributed by atoms with Gasteiger partial charge >= 0.3 is 0 Å². The van der Waals surface area contributed by atoms with Gasteiger partial charge in [0, 0.05) is 5.56 Å². The van der Waals surface area contributed by atoms with Gasteiger partial charge in [-0.05, 0) is 43.5 Å². The minimum Gasteiger partial charge on any atom is -0.493 e. The number of rotatable bonds is 10. The molecule has 0 unspecified atom stereocenters. The van der Waals surface area contributed by atoms with Crippen LogP contribution in [0.4, 0.5) is 0 Å². The highest BCUT2D eigenvalue weighted by atomic mass is 16.5. The Bertz CT molecular complexity index is 717. The largest absolute Gasteiger partial charge is 0.493 e. The van der Waals surface area contributed by atoms with Crippen molar-refractivity contribution < 1.29 is 19.0 Å². The number of hydrogen-bond donors (Lipinski definition) is 0. The number of benzene rings is 2. The van der Waals surface area contributed by atoms with E-state index < -0.39 is 0 Å². The lowest BCUT2D eigenvalue weighted by Gasteiger charge is -2.18. The molecular formula is C22H28O4. The molecule has 4 nitrogen and oxygen atoms in total. The molecule has 2 rings (SSSR count). The molecule has 0 aliphatic heterocycles. The van der Waals surface area contributed by atoms with Crippen molar-refractivity contribution in [2.45, 2.75) is 46.5 Å². The number of aryl methyl sites for hydroxylation is 2. The third-order valence-corrected chi connectivity index (χ3v) is 4.26. The van der Waals surface area contributed by atoms with E-state index in [1.807, 2.05) is 32.0 Å². The van der Waals surface area contributed by atoms with Crippen LogP contribution in [0, 0.1) is 13.8 Å². The highest BCUT2D eigenvalue weighted by Crippen LogP contribution is 2.42. The molecular weight excluding hydrogens is 328 g/mol. The van der Waals surface area contributed by atoms with E-state index in [2.05, 4.69) is 6.92 Å². The Hall–Kier alpha value is -2.49. The van der Waals surface area contributed by atoms with Crippen LogP contribution in [0.2, 0.25) is 0 Å². The predicted octanol–water partition coefficient (Wildman–Crippen LogP) is 5.88. The Labute approximate surface area is 156 Å². The molecule has 2 aromatic carbocycles. The molecule has 0 saturated carbocycles. The van der Waals surface area contributed by atoms with Gasteiger partial charge in [-0.1, -0.05) is 44.4 Å². The fourth-order valence-corrected chi connectivity index (χ4v) is 2.81. The third kappa shape index (κ3) is 5.01. The van der Waals surface area contributed by atoms with Crippen LogP contribution >= 0.6 is 0 Å². The molecule has 26 heavy (non-hydrogen) atoms. The fraction of sp³-hybridized carbons (Fsp3) is 0.409. The summed E-state index contributed by atoms with van der Waals surface area (Å²) < 4.78 is 17.6. The number of para-hydroxylation sites is 1. The Morgan fingerprint density at radius 1 is 0.962 bits per heavy atom. The molecule has 0 aliphatic carbocycles. The first kappa shape index (κ1) is 19.8. The van der Waals surface area contributed by atoms with Gasteiger partial charge in [0.25, 0.3) is 0 Å². The second kappa shape index (κ2) is 9.85. The van der Waals surface area contributed by atoms with Crippen LogP contribution in [-0.2, 0) is 0 Å². The van der Waals surface area contributed by atoms with Gasteiger partial charge in [0.05, 0.1) is 13.7 Å². The lowest BCUT2D eigenvalue weighted by atomic mass is 10.1. The topological polar surface area (TPSA) is 44.8 Å².